The fraction of sp³-hybridized carbons (Fsp3) is 1.00. The molecular weight excluding hydrogens is 252 g/mol. The van der Waals surface area contributed by atoms with E-state index in [2.05, 4.69) is 14.7 Å². The topological polar surface area (TPSA) is 116 Å². The SMILES string of the molecule is OOCCOCC(COCCOO)OCCOO. The third kappa shape index (κ3) is 12.1. The zero-order valence-corrected chi connectivity index (χ0v) is 10.0. The average Bonchev–Trinajstić information content (AvgIpc) is 2.39. The lowest BCUT2D eigenvalue weighted by atomic mass is 10.4. The zero-order chi connectivity index (χ0) is 13.5. The summed E-state index contributed by atoms with van der Waals surface area (Å²) < 4.78 is 15.6. The second-order valence-electron chi connectivity index (χ2n) is 3.14. The van der Waals surface area contributed by atoms with Gasteiger partial charge in [-0.1, -0.05) is 0 Å². The molecule has 0 aliphatic heterocycles. The molecule has 0 atom stereocenters. The molecule has 0 saturated heterocycles. The first-order valence-corrected chi connectivity index (χ1v) is 5.41. The summed E-state index contributed by atoms with van der Waals surface area (Å²) >= 11 is 0. The van der Waals surface area contributed by atoms with Gasteiger partial charge in [0.15, 0.2) is 0 Å². The summed E-state index contributed by atoms with van der Waals surface area (Å²) in [5.41, 5.74) is 0. The van der Waals surface area contributed by atoms with Gasteiger partial charge in [0.2, 0.25) is 0 Å². The fourth-order valence-electron chi connectivity index (χ4n) is 1.02. The lowest BCUT2D eigenvalue weighted by Crippen LogP contribution is -2.28. The van der Waals surface area contributed by atoms with Crippen LogP contribution in [0.2, 0.25) is 0 Å². The maximum atomic E-state index is 8.14. The van der Waals surface area contributed by atoms with E-state index < -0.39 is 0 Å². The molecule has 0 saturated carbocycles. The van der Waals surface area contributed by atoms with Crippen LogP contribution in [0.1, 0.15) is 0 Å². The predicted octanol–water partition coefficient (Wildman–Crippen LogP) is -0.126. The molecule has 9 nitrogen and oxygen atoms in total. The summed E-state index contributed by atoms with van der Waals surface area (Å²) in [5, 5.41) is 24.3. The first kappa shape index (κ1) is 17.6. The summed E-state index contributed by atoms with van der Waals surface area (Å²) in [7, 11) is 0. The van der Waals surface area contributed by atoms with Crippen LogP contribution in [-0.4, -0.2) is 74.7 Å². The van der Waals surface area contributed by atoms with Crippen LogP contribution < -0.4 is 0 Å². The molecule has 0 rings (SSSR count). The molecular formula is C9H20O9. The Morgan fingerprint density at radius 3 is 1.50 bits per heavy atom. The summed E-state index contributed by atoms with van der Waals surface area (Å²) in [4.78, 5) is 11.5. The minimum Gasteiger partial charge on any atom is -0.376 e. The third-order valence-electron chi connectivity index (χ3n) is 1.77. The zero-order valence-electron chi connectivity index (χ0n) is 10.0. The van der Waals surface area contributed by atoms with Crippen molar-refractivity contribution >= 4 is 0 Å². The van der Waals surface area contributed by atoms with E-state index in [0.29, 0.717) is 0 Å². The third-order valence-corrected chi connectivity index (χ3v) is 1.77. The highest BCUT2D eigenvalue weighted by Crippen LogP contribution is 1.96. The van der Waals surface area contributed by atoms with Crippen molar-refractivity contribution in [3.8, 4) is 0 Å². The molecule has 0 fully saturated rings. The Bertz CT molecular complexity index is 145. The Hall–Kier alpha value is -0.360. The van der Waals surface area contributed by atoms with Crippen LogP contribution in [0.4, 0.5) is 0 Å². The van der Waals surface area contributed by atoms with Gasteiger partial charge in [-0.05, 0) is 0 Å². The fourth-order valence-corrected chi connectivity index (χ4v) is 1.02. The molecule has 18 heavy (non-hydrogen) atoms. The lowest BCUT2D eigenvalue weighted by molar-refractivity contribution is -0.258. The molecule has 0 aliphatic carbocycles. The van der Waals surface area contributed by atoms with E-state index in [-0.39, 0.29) is 59.0 Å². The van der Waals surface area contributed by atoms with E-state index in [0.717, 1.165) is 0 Å². The smallest absolute Gasteiger partial charge is 0.105 e. The van der Waals surface area contributed by atoms with E-state index in [4.69, 9.17) is 30.0 Å². The minimum absolute atomic E-state index is 0.0377. The molecule has 9 heteroatoms. The van der Waals surface area contributed by atoms with Crippen molar-refractivity contribution in [3.05, 3.63) is 0 Å². The minimum atomic E-state index is -0.363. The molecule has 0 unspecified atom stereocenters. The standard InChI is InChI=1S/C9H20O9/c10-16-4-1-13-7-9(15-3-6-18-12)8-14-2-5-17-11/h9-12H,1-8H2. The number of hydrogen-bond acceptors (Lipinski definition) is 9. The predicted molar refractivity (Wildman–Crippen MR) is 57.1 cm³/mol. The Labute approximate surface area is 105 Å². The van der Waals surface area contributed by atoms with Crippen molar-refractivity contribution in [1.29, 1.82) is 0 Å². The van der Waals surface area contributed by atoms with Crippen molar-refractivity contribution in [2.24, 2.45) is 0 Å². The van der Waals surface area contributed by atoms with Gasteiger partial charge in [0.1, 0.15) is 25.9 Å². The molecule has 0 aromatic carbocycles. The monoisotopic (exact) mass is 272 g/mol. The maximum absolute atomic E-state index is 8.14. The van der Waals surface area contributed by atoms with Crippen LogP contribution in [0.15, 0.2) is 0 Å². The molecule has 0 aliphatic rings. The van der Waals surface area contributed by atoms with Crippen LogP contribution >= 0.6 is 0 Å². The Morgan fingerprint density at radius 2 is 1.06 bits per heavy atom. The molecule has 3 N–H and O–H groups in total. The second-order valence-corrected chi connectivity index (χ2v) is 3.14. The average molecular weight is 272 g/mol. The van der Waals surface area contributed by atoms with Crippen molar-refractivity contribution in [3.63, 3.8) is 0 Å². The molecule has 0 aromatic rings. The van der Waals surface area contributed by atoms with Crippen LogP contribution in [0, 0.1) is 0 Å². The molecule has 0 aromatic heterocycles. The highest BCUT2D eigenvalue weighted by molar-refractivity contribution is 4.55. The van der Waals surface area contributed by atoms with Crippen molar-refractivity contribution < 1.29 is 44.6 Å². The van der Waals surface area contributed by atoms with Crippen molar-refractivity contribution in [2.45, 2.75) is 6.10 Å². The van der Waals surface area contributed by atoms with Gasteiger partial charge in [-0.25, -0.2) is 14.7 Å². The Kier molecular flexibility index (Phi) is 14.4. The summed E-state index contributed by atoms with van der Waals surface area (Å²) in [6.45, 7) is 1.23. The van der Waals surface area contributed by atoms with Gasteiger partial charge in [-0.15, -0.1) is 0 Å². The van der Waals surface area contributed by atoms with E-state index >= 15 is 0 Å². The van der Waals surface area contributed by atoms with Gasteiger partial charge < -0.3 is 14.2 Å². The highest BCUT2D eigenvalue weighted by Gasteiger charge is 2.10. The van der Waals surface area contributed by atoms with Gasteiger partial charge in [0.05, 0.1) is 33.0 Å². The second kappa shape index (κ2) is 14.7. The first-order valence-electron chi connectivity index (χ1n) is 5.41. The number of rotatable bonds is 14. The number of hydrogen-bond donors (Lipinski definition) is 3. The largest absolute Gasteiger partial charge is 0.376 e. The van der Waals surface area contributed by atoms with Gasteiger partial charge >= 0.3 is 0 Å². The van der Waals surface area contributed by atoms with Crippen LogP contribution in [-0.2, 0) is 28.9 Å². The first-order chi connectivity index (χ1) is 8.85. The normalized spacial score (nSPS) is 11.3. The highest BCUT2D eigenvalue weighted by atomic mass is 17.1. The maximum Gasteiger partial charge on any atom is 0.105 e. The molecule has 110 valence electrons. The summed E-state index contributed by atoms with van der Waals surface area (Å²) in [6.07, 6.45) is -0.363. The van der Waals surface area contributed by atoms with E-state index in [1.165, 1.54) is 0 Å². The quantitative estimate of drug-likeness (QED) is 0.226. The number of ether oxygens (including phenoxy) is 3. The van der Waals surface area contributed by atoms with Gasteiger partial charge in [-0.3, -0.25) is 15.8 Å². The van der Waals surface area contributed by atoms with Crippen molar-refractivity contribution in [2.75, 3.05) is 52.9 Å². The molecule has 0 heterocycles. The van der Waals surface area contributed by atoms with Gasteiger partial charge in [-0.2, -0.15) is 0 Å². The molecule has 0 bridgehead atoms. The Morgan fingerprint density at radius 1 is 0.611 bits per heavy atom. The van der Waals surface area contributed by atoms with Crippen LogP contribution in [0.25, 0.3) is 0 Å². The van der Waals surface area contributed by atoms with Crippen molar-refractivity contribution in [1.82, 2.24) is 0 Å². The summed E-state index contributed by atoms with van der Waals surface area (Å²) in [6, 6.07) is 0. The lowest BCUT2D eigenvalue weighted by Gasteiger charge is -2.17. The van der Waals surface area contributed by atoms with E-state index in [1.54, 1.807) is 0 Å². The molecule has 0 radical (unpaired) electrons. The van der Waals surface area contributed by atoms with E-state index in [9.17, 15) is 0 Å². The van der Waals surface area contributed by atoms with Gasteiger partial charge in [0, 0.05) is 0 Å². The van der Waals surface area contributed by atoms with Gasteiger partial charge in [0.25, 0.3) is 0 Å². The van der Waals surface area contributed by atoms with Crippen LogP contribution in [0.5, 0.6) is 0 Å². The van der Waals surface area contributed by atoms with E-state index in [1.807, 2.05) is 0 Å². The summed E-state index contributed by atoms with van der Waals surface area (Å²) in [5.74, 6) is 0. The van der Waals surface area contributed by atoms with Crippen LogP contribution in [0.3, 0.4) is 0 Å². The Balaban J connectivity index is 3.62. The molecule has 0 spiro atoms. The molecule has 0 amide bonds.